The van der Waals surface area contributed by atoms with Gasteiger partial charge in [0.25, 0.3) is 7.59 Å². The SMILES string of the molecule is CCCCCCCCCCCCCCNP(N)(N)=O. The Balaban J connectivity index is 3.01. The van der Waals surface area contributed by atoms with Crippen molar-refractivity contribution in [1.29, 1.82) is 0 Å². The summed E-state index contributed by atoms with van der Waals surface area (Å²) in [7, 11) is -3.00. The number of nitrogens with one attached hydrogen (secondary N) is 1. The van der Waals surface area contributed by atoms with E-state index in [2.05, 4.69) is 12.0 Å². The van der Waals surface area contributed by atoms with Crippen molar-refractivity contribution in [2.45, 2.75) is 84.0 Å². The Bertz CT molecular complexity index is 231. The average molecular weight is 291 g/mol. The molecular weight excluding hydrogens is 257 g/mol. The Morgan fingerprint density at radius 2 is 1.11 bits per heavy atom. The first-order valence-corrected chi connectivity index (χ1v) is 9.83. The first-order valence-electron chi connectivity index (χ1n) is 7.98. The van der Waals surface area contributed by atoms with Crippen LogP contribution in [0.4, 0.5) is 0 Å². The third kappa shape index (κ3) is 18.1. The lowest BCUT2D eigenvalue weighted by molar-refractivity contribution is 0.539. The summed E-state index contributed by atoms with van der Waals surface area (Å²) >= 11 is 0. The lowest BCUT2D eigenvalue weighted by atomic mass is 10.1. The molecule has 0 atom stereocenters. The van der Waals surface area contributed by atoms with E-state index >= 15 is 0 Å². The Morgan fingerprint density at radius 3 is 1.47 bits per heavy atom. The van der Waals surface area contributed by atoms with Crippen molar-refractivity contribution in [2.75, 3.05) is 6.54 Å². The van der Waals surface area contributed by atoms with Crippen LogP contribution in [-0.4, -0.2) is 6.54 Å². The average Bonchev–Trinajstić information content (AvgIpc) is 2.34. The van der Waals surface area contributed by atoms with E-state index in [1.807, 2.05) is 0 Å². The molecule has 0 fully saturated rings. The van der Waals surface area contributed by atoms with Crippen LogP contribution in [0.3, 0.4) is 0 Å². The predicted molar refractivity (Wildman–Crippen MR) is 85.1 cm³/mol. The zero-order valence-corrected chi connectivity index (χ0v) is 13.6. The van der Waals surface area contributed by atoms with Gasteiger partial charge in [0, 0.05) is 6.54 Å². The molecule has 0 rings (SSSR count). The highest BCUT2D eigenvalue weighted by Gasteiger charge is 2.04. The second-order valence-corrected chi connectivity index (χ2v) is 7.24. The molecule has 0 aliphatic heterocycles. The summed E-state index contributed by atoms with van der Waals surface area (Å²) < 4.78 is 11.0. The van der Waals surface area contributed by atoms with Gasteiger partial charge in [0.05, 0.1) is 0 Å². The van der Waals surface area contributed by atoms with Crippen LogP contribution < -0.4 is 16.1 Å². The quantitative estimate of drug-likeness (QED) is 0.329. The molecule has 4 nitrogen and oxygen atoms in total. The van der Waals surface area contributed by atoms with E-state index < -0.39 is 7.59 Å². The molecular formula is C14H34N3OP. The molecule has 5 N–H and O–H groups in total. The summed E-state index contributed by atoms with van der Waals surface area (Å²) in [4.78, 5) is 0. The number of nitrogens with two attached hydrogens (primary N) is 2. The summed E-state index contributed by atoms with van der Waals surface area (Å²) in [5.74, 6) is 0. The fourth-order valence-corrected chi connectivity index (χ4v) is 2.73. The van der Waals surface area contributed by atoms with Gasteiger partial charge in [0.1, 0.15) is 0 Å². The molecule has 0 aliphatic carbocycles. The normalized spacial score (nSPS) is 11.9. The molecule has 0 aromatic heterocycles. The van der Waals surface area contributed by atoms with E-state index in [1.165, 1.54) is 70.6 Å². The van der Waals surface area contributed by atoms with E-state index in [0.717, 1.165) is 6.42 Å². The molecule has 0 radical (unpaired) electrons. The number of rotatable bonds is 14. The minimum Gasteiger partial charge on any atom is -0.271 e. The monoisotopic (exact) mass is 291 g/mol. The highest BCUT2D eigenvalue weighted by molar-refractivity contribution is 7.56. The smallest absolute Gasteiger partial charge is 0.271 e. The van der Waals surface area contributed by atoms with E-state index in [-0.39, 0.29) is 0 Å². The molecule has 0 bridgehead atoms. The maximum atomic E-state index is 11.0. The Kier molecular flexibility index (Phi) is 13.2. The van der Waals surface area contributed by atoms with E-state index in [1.54, 1.807) is 0 Å². The molecule has 5 heteroatoms. The number of hydrogen-bond donors (Lipinski definition) is 3. The van der Waals surface area contributed by atoms with Crippen LogP contribution in [0.15, 0.2) is 0 Å². The summed E-state index contributed by atoms with van der Waals surface area (Å²) in [5.41, 5.74) is 10.4. The molecule has 0 saturated carbocycles. The van der Waals surface area contributed by atoms with Gasteiger partial charge < -0.3 is 0 Å². The maximum Gasteiger partial charge on any atom is 0.273 e. The molecule has 116 valence electrons. The van der Waals surface area contributed by atoms with Crippen LogP contribution in [0.2, 0.25) is 0 Å². The third-order valence-corrected chi connectivity index (χ3v) is 4.11. The molecule has 0 aliphatic rings. The van der Waals surface area contributed by atoms with Gasteiger partial charge in [-0.25, -0.2) is 5.09 Å². The number of hydrogen-bond acceptors (Lipinski definition) is 1. The van der Waals surface area contributed by atoms with Gasteiger partial charge in [0.15, 0.2) is 0 Å². The van der Waals surface area contributed by atoms with Gasteiger partial charge in [-0.2, -0.15) is 0 Å². The molecule has 0 amide bonds. The van der Waals surface area contributed by atoms with Crippen molar-refractivity contribution in [3.63, 3.8) is 0 Å². The van der Waals surface area contributed by atoms with E-state index in [0.29, 0.717) is 6.54 Å². The summed E-state index contributed by atoms with van der Waals surface area (Å²) in [6.07, 6.45) is 15.9. The minimum atomic E-state index is -3.00. The highest BCUT2D eigenvalue weighted by atomic mass is 31.2. The van der Waals surface area contributed by atoms with E-state index in [9.17, 15) is 4.57 Å². The van der Waals surface area contributed by atoms with E-state index in [4.69, 9.17) is 11.0 Å². The molecule has 0 aromatic rings. The van der Waals surface area contributed by atoms with Crippen LogP contribution in [0, 0.1) is 0 Å². The maximum absolute atomic E-state index is 11.0. The second kappa shape index (κ2) is 13.1. The van der Waals surface area contributed by atoms with Crippen molar-refractivity contribution in [1.82, 2.24) is 5.09 Å². The van der Waals surface area contributed by atoms with Crippen LogP contribution in [0.5, 0.6) is 0 Å². The van der Waals surface area contributed by atoms with Crippen molar-refractivity contribution < 1.29 is 4.57 Å². The first kappa shape index (κ1) is 19.1. The summed E-state index contributed by atoms with van der Waals surface area (Å²) in [5, 5.41) is 2.67. The highest BCUT2D eigenvalue weighted by Crippen LogP contribution is 2.17. The Morgan fingerprint density at radius 1 is 0.737 bits per heavy atom. The third-order valence-electron chi connectivity index (χ3n) is 3.39. The standard InChI is InChI=1S/C14H34N3OP/c1-2-3-4-5-6-7-8-9-10-11-12-13-14-17-19(15,16)18/h2-14H2,1H3,(H5,15,16,17,18). The molecule has 0 heterocycles. The largest absolute Gasteiger partial charge is 0.273 e. The molecule has 0 unspecified atom stereocenters. The van der Waals surface area contributed by atoms with Gasteiger partial charge >= 0.3 is 0 Å². The lowest BCUT2D eigenvalue weighted by Gasteiger charge is -2.08. The van der Waals surface area contributed by atoms with Gasteiger partial charge in [-0.1, -0.05) is 77.6 Å². The van der Waals surface area contributed by atoms with Crippen LogP contribution in [0.25, 0.3) is 0 Å². The molecule has 0 saturated heterocycles. The van der Waals surface area contributed by atoms with Crippen molar-refractivity contribution in [3.8, 4) is 0 Å². The zero-order valence-electron chi connectivity index (χ0n) is 12.7. The van der Waals surface area contributed by atoms with Crippen molar-refractivity contribution >= 4 is 7.59 Å². The fourth-order valence-electron chi connectivity index (χ4n) is 2.22. The van der Waals surface area contributed by atoms with Gasteiger partial charge in [-0.15, -0.1) is 0 Å². The van der Waals surface area contributed by atoms with Crippen molar-refractivity contribution in [2.24, 2.45) is 11.0 Å². The zero-order chi connectivity index (χ0) is 14.4. The second-order valence-electron chi connectivity index (χ2n) is 5.51. The van der Waals surface area contributed by atoms with Crippen LogP contribution >= 0.6 is 7.59 Å². The topological polar surface area (TPSA) is 81.1 Å². The number of unbranched alkanes of at least 4 members (excludes halogenated alkanes) is 11. The van der Waals surface area contributed by atoms with Gasteiger partial charge in [0.2, 0.25) is 0 Å². The lowest BCUT2D eigenvalue weighted by Crippen LogP contribution is -2.22. The Labute approximate surface area is 119 Å². The Hall–Kier alpha value is 0.110. The predicted octanol–water partition coefficient (Wildman–Crippen LogP) is 4.30. The first-order chi connectivity index (χ1) is 9.06. The van der Waals surface area contributed by atoms with Crippen LogP contribution in [-0.2, 0) is 4.57 Å². The summed E-state index contributed by atoms with van der Waals surface area (Å²) in [6.45, 7) is 2.93. The summed E-state index contributed by atoms with van der Waals surface area (Å²) in [6, 6.07) is 0. The minimum absolute atomic E-state index is 0.668. The van der Waals surface area contributed by atoms with Crippen molar-refractivity contribution in [3.05, 3.63) is 0 Å². The fraction of sp³-hybridized carbons (Fsp3) is 1.00. The molecule has 0 spiro atoms. The van der Waals surface area contributed by atoms with Gasteiger partial charge in [-0.3, -0.25) is 15.6 Å². The van der Waals surface area contributed by atoms with Gasteiger partial charge in [-0.05, 0) is 6.42 Å². The molecule has 19 heavy (non-hydrogen) atoms. The van der Waals surface area contributed by atoms with Crippen LogP contribution in [0.1, 0.15) is 84.0 Å². The molecule has 0 aromatic carbocycles.